The molecule has 1 unspecified atom stereocenters. The minimum Gasteiger partial charge on any atom is -0.507 e. The number of aliphatic hydroxyl groups excluding tert-OH is 1. The van der Waals surface area contributed by atoms with Gasteiger partial charge in [0.2, 0.25) is 0 Å². The Balaban J connectivity index is 3.19. The van der Waals surface area contributed by atoms with Gasteiger partial charge in [0.05, 0.1) is 11.7 Å². The van der Waals surface area contributed by atoms with Gasteiger partial charge in [-0.25, -0.2) is 4.79 Å². The Morgan fingerprint density at radius 3 is 2.43 bits per heavy atom. The Bertz CT molecular complexity index is 378. The van der Waals surface area contributed by atoms with E-state index in [2.05, 4.69) is 0 Å². The van der Waals surface area contributed by atoms with Gasteiger partial charge in [-0.2, -0.15) is 0 Å². The highest BCUT2D eigenvalue weighted by molar-refractivity contribution is 5.29. The standard InChI is InChI=1S/C10H14O4/c1-5(7(3)11)9-4-8(12)6(2)10(13)14-9/h4-5,7,11-12H,1-3H3/t5-,7?/m0/s1. The quantitative estimate of drug-likeness (QED) is 0.747. The second kappa shape index (κ2) is 3.84. The molecule has 78 valence electrons. The van der Waals surface area contributed by atoms with Crippen LogP contribution in [0.5, 0.6) is 5.75 Å². The Labute approximate surface area is 81.8 Å². The van der Waals surface area contributed by atoms with Gasteiger partial charge in [0.25, 0.3) is 0 Å². The summed E-state index contributed by atoms with van der Waals surface area (Å²) in [7, 11) is 0. The third-order valence-corrected chi connectivity index (χ3v) is 2.35. The molecule has 0 amide bonds. The molecule has 0 bridgehead atoms. The molecule has 0 radical (unpaired) electrons. The van der Waals surface area contributed by atoms with Crippen LogP contribution in [0.2, 0.25) is 0 Å². The van der Waals surface area contributed by atoms with E-state index < -0.39 is 11.7 Å². The van der Waals surface area contributed by atoms with Crippen LogP contribution in [0, 0.1) is 6.92 Å². The molecule has 1 heterocycles. The molecule has 0 aromatic carbocycles. The van der Waals surface area contributed by atoms with Gasteiger partial charge in [-0.15, -0.1) is 0 Å². The zero-order chi connectivity index (χ0) is 10.9. The van der Waals surface area contributed by atoms with Crippen LogP contribution in [0.25, 0.3) is 0 Å². The smallest absolute Gasteiger partial charge is 0.342 e. The van der Waals surface area contributed by atoms with Gasteiger partial charge >= 0.3 is 5.63 Å². The summed E-state index contributed by atoms with van der Waals surface area (Å²) < 4.78 is 4.94. The average Bonchev–Trinajstić information content (AvgIpc) is 2.12. The first-order valence-corrected chi connectivity index (χ1v) is 4.45. The number of rotatable bonds is 2. The van der Waals surface area contributed by atoms with E-state index in [0.717, 1.165) is 0 Å². The van der Waals surface area contributed by atoms with Gasteiger partial charge in [-0.3, -0.25) is 0 Å². The SMILES string of the molecule is Cc1c(O)cc([C@@H](C)C(C)O)oc1=O. The number of hydrogen-bond donors (Lipinski definition) is 2. The first-order chi connectivity index (χ1) is 6.43. The summed E-state index contributed by atoms with van der Waals surface area (Å²) in [6.45, 7) is 4.80. The summed E-state index contributed by atoms with van der Waals surface area (Å²) in [6, 6.07) is 1.37. The van der Waals surface area contributed by atoms with Gasteiger partial charge in [-0.05, 0) is 13.8 Å². The van der Waals surface area contributed by atoms with Crippen LogP contribution in [0.15, 0.2) is 15.3 Å². The molecular weight excluding hydrogens is 184 g/mol. The highest BCUT2D eigenvalue weighted by Crippen LogP contribution is 2.22. The minimum absolute atomic E-state index is 0.0937. The molecule has 4 nitrogen and oxygen atoms in total. The van der Waals surface area contributed by atoms with Crippen molar-refractivity contribution in [2.75, 3.05) is 0 Å². The van der Waals surface area contributed by atoms with Crippen molar-refractivity contribution in [2.24, 2.45) is 0 Å². The van der Waals surface area contributed by atoms with Crippen molar-refractivity contribution in [3.8, 4) is 5.75 Å². The molecule has 0 fully saturated rings. The molecule has 2 atom stereocenters. The van der Waals surface area contributed by atoms with Crippen molar-refractivity contribution in [2.45, 2.75) is 32.8 Å². The summed E-state index contributed by atoms with van der Waals surface area (Å²) in [5.41, 5.74) is -0.376. The highest BCUT2D eigenvalue weighted by atomic mass is 16.4. The monoisotopic (exact) mass is 198 g/mol. The van der Waals surface area contributed by atoms with Crippen molar-refractivity contribution in [1.82, 2.24) is 0 Å². The molecule has 2 N–H and O–H groups in total. The molecule has 1 aromatic rings. The summed E-state index contributed by atoms with van der Waals surface area (Å²) in [5, 5.41) is 18.7. The molecule has 0 saturated carbocycles. The third kappa shape index (κ3) is 1.96. The maximum Gasteiger partial charge on any atom is 0.342 e. The molecule has 0 aliphatic carbocycles. The lowest BCUT2D eigenvalue weighted by atomic mass is 10.0. The predicted molar refractivity (Wildman–Crippen MR) is 51.5 cm³/mol. The molecule has 0 aliphatic rings. The van der Waals surface area contributed by atoms with E-state index in [9.17, 15) is 15.0 Å². The zero-order valence-electron chi connectivity index (χ0n) is 8.44. The van der Waals surface area contributed by atoms with E-state index in [4.69, 9.17) is 4.42 Å². The van der Waals surface area contributed by atoms with Crippen molar-refractivity contribution < 1.29 is 14.6 Å². The predicted octanol–water partition coefficient (Wildman–Crippen LogP) is 1.14. The van der Waals surface area contributed by atoms with Crippen molar-refractivity contribution in [1.29, 1.82) is 0 Å². The van der Waals surface area contributed by atoms with E-state index in [0.29, 0.717) is 5.76 Å². The maximum atomic E-state index is 11.2. The first kappa shape index (κ1) is 10.8. The Morgan fingerprint density at radius 2 is 2.00 bits per heavy atom. The molecular formula is C10H14O4. The average molecular weight is 198 g/mol. The third-order valence-electron chi connectivity index (χ3n) is 2.35. The van der Waals surface area contributed by atoms with Gasteiger partial charge < -0.3 is 14.6 Å². The Kier molecular flexibility index (Phi) is 2.96. The Morgan fingerprint density at radius 1 is 1.43 bits per heavy atom. The second-order valence-electron chi connectivity index (χ2n) is 3.48. The number of aliphatic hydroxyl groups is 1. The van der Waals surface area contributed by atoms with E-state index >= 15 is 0 Å². The molecule has 0 saturated heterocycles. The van der Waals surface area contributed by atoms with Gasteiger partial charge in [-0.1, -0.05) is 6.92 Å². The fourth-order valence-electron chi connectivity index (χ4n) is 1.02. The van der Waals surface area contributed by atoms with Crippen molar-refractivity contribution in [3.63, 3.8) is 0 Å². The molecule has 1 aromatic heterocycles. The molecule has 1 rings (SSSR count). The zero-order valence-corrected chi connectivity index (χ0v) is 8.44. The van der Waals surface area contributed by atoms with E-state index in [1.165, 1.54) is 13.0 Å². The molecule has 14 heavy (non-hydrogen) atoms. The fourth-order valence-corrected chi connectivity index (χ4v) is 1.02. The maximum absolute atomic E-state index is 11.2. The largest absolute Gasteiger partial charge is 0.507 e. The van der Waals surface area contributed by atoms with E-state index in [1.54, 1.807) is 13.8 Å². The summed E-state index contributed by atoms with van der Waals surface area (Å²) in [5.74, 6) is -0.106. The van der Waals surface area contributed by atoms with Crippen molar-refractivity contribution in [3.05, 3.63) is 27.8 Å². The molecule has 0 aliphatic heterocycles. The molecule has 4 heteroatoms. The number of hydrogen-bond acceptors (Lipinski definition) is 4. The van der Waals surface area contributed by atoms with Crippen LogP contribution >= 0.6 is 0 Å². The lowest BCUT2D eigenvalue weighted by Gasteiger charge is -2.13. The summed E-state index contributed by atoms with van der Waals surface area (Å²) in [4.78, 5) is 11.2. The van der Waals surface area contributed by atoms with Crippen LogP contribution in [0.3, 0.4) is 0 Å². The van der Waals surface area contributed by atoms with E-state index in [-0.39, 0.29) is 17.2 Å². The van der Waals surface area contributed by atoms with Gasteiger partial charge in [0.15, 0.2) is 0 Å². The minimum atomic E-state index is -0.625. The highest BCUT2D eigenvalue weighted by Gasteiger charge is 2.16. The summed E-state index contributed by atoms with van der Waals surface area (Å²) in [6.07, 6.45) is -0.625. The lowest BCUT2D eigenvalue weighted by molar-refractivity contribution is 0.156. The van der Waals surface area contributed by atoms with Crippen molar-refractivity contribution >= 4 is 0 Å². The van der Waals surface area contributed by atoms with Crippen LogP contribution in [0.4, 0.5) is 0 Å². The topological polar surface area (TPSA) is 70.7 Å². The molecule has 0 spiro atoms. The second-order valence-corrected chi connectivity index (χ2v) is 3.48. The van der Waals surface area contributed by atoms with Crippen LogP contribution in [-0.2, 0) is 0 Å². The first-order valence-electron chi connectivity index (χ1n) is 4.45. The van der Waals surface area contributed by atoms with Crippen LogP contribution in [-0.4, -0.2) is 16.3 Å². The lowest BCUT2D eigenvalue weighted by Crippen LogP contribution is -2.14. The summed E-state index contributed by atoms with van der Waals surface area (Å²) >= 11 is 0. The van der Waals surface area contributed by atoms with Crippen LogP contribution in [0.1, 0.15) is 31.1 Å². The number of aromatic hydroxyl groups is 1. The van der Waals surface area contributed by atoms with Gasteiger partial charge in [0.1, 0.15) is 11.5 Å². The van der Waals surface area contributed by atoms with Crippen LogP contribution < -0.4 is 5.63 Å². The van der Waals surface area contributed by atoms with E-state index in [1.807, 2.05) is 0 Å². The van der Waals surface area contributed by atoms with Gasteiger partial charge in [0, 0.05) is 12.0 Å². The fraction of sp³-hybridized carbons (Fsp3) is 0.500. The Hall–Kier alpha value is -1.29. The normalized spacial score (nSPS) is 15.1.